The molecule has 0 heterocycles. The molecule has 2 N–H and O–H groups in total. The van der Waals surface area contributed by atoms with Crippen LogP contribution in [0, 0.1) is 5.41 Å². The minimum absolute atomic E-state index is 0.0514. The van der Waals surface area contributed by atoms with Crippen LogP contribution in [0.5, 0.6) is 0 Å². The monoisotopic (exact) mass is 318 g/mol. The lowest BCUT2D eigenvalue weighted by Gasteiger charge is -2.24. The van der Waals surface area contributed by atoms with Crippen molar-refractivity contribution in [2.75, 3.05) is 18.8 Å². The maximum atomic E-state index is 12.0. The van der Waals surface area contributed by atoms with Crippen molar-refractivity contribution in [3.8, 4) is 0 Å². The second-order valence-corrected chi connectivity index (χ2v) is 9.12. The van der Waals surface area contributed by atoms with E-state index >= 15 is 0 Å². The molecule has 0 atom stereocenters. The van der Waals surface area contributed by atoms with Crippen LogP contribution in [0.15, 0.2) is 0 Å². The van der Waals surface area contributed by atoms with Gasteiger partial charge in [0.05, 0.1) is 5.75 Å². The van der Waals surface area contributed by atoms with Gasteiger partial charge in [-0.2, -0.15) is 0 Å². The number of hydrogen-bond donors (Lipinski definition) is 2. The summed E-state index contributed by atoms with van der Waals surface area (Å²) in [4.78, 5) is 0. The van der Waals surface area contributed by atoms with E-state index in [1.54, 1.807) is 0 Å². The topological polar surface area (TPSA) is 58.2 Å². The summed E-state index contributed by atoms with van der Waals surface area (Å²) in [5.41, 5.74) is 0.0514. The highest BCUT2D eigenvalue weighted by molar-refractivity contribution is 7.89. The fraction of sp³-hybridized carbons (Fsp3) is 1.00. The molecule has 0 aromatic rings. The van der Waals surface area contributed by atoms with E-state index in [0.717, 1.165) is 25.8 Å². The van der Waals surface area contributed by atoms with Gasteiger partial charge in [0, 0.05) is 12.6 Å². The Labute approximate surface area is 131 Å². The van der Waals surface area contributed by atoms with E-state index in [-0.39, 0.29) is 11.2 Å². The van der Waals surface area contributed by atoms with Crippen molar-refractivity contribution in [3.05, 3.63) is 0 Å². The molecule has 21 heavy (non-hydrogen) atoms. The summed E-state index contributed by atoms with van der Waals surface area (Å²) in [5.74, 6) is 0.254. The average Bonchev–Trinajstić information content (AvgIpc) is 3.21. The lowest BCUT2D eigenvalue weighted by atomic mass is 9.87. The van der Waals surface area contributed by atoms with E-state index in [4.69, 9.17) is 0 Å². The predicted molar refractivity (Wildman–Crippen MR) is 90.0 cm³/mol. The summed E-state index contributed by atoms with van der Waals surface area (Å²) in [7, 11) is -3.11. The van der Waals surface area contributed by atoms with Gasteiger partial charge < -0.3 is 5.32 Å². The van der Waals surface area contributed by atoms with Crippen molar-refractivity contribution in [1.82, 2.24) is 10.0 Å². The van der Waals surface area contributed by atoms with Gasteiger partial charge >= 0.3 is 0 Å². The normalized spacial score (nSPS) is 16.3. The molecule has 1 rings (SSSR count). The molecule has 0 radical (unpaired) electrons. The maximum Gasteiger partial charge on any atom is 0.211 e. The van der Waals surface area contributed by atoms with Crippen LogP contribution >= 0.6 is 0 Å². The third-order valence-corrected chi connectivity index (χ3v) is 5.49. The number of hydrogen-bond acceptors (Lipinski definition) is 3. The second-order valence-electron chi connectivity index (χ2n) is 7.20. The van der Waals surface area contributed by atoms with Gasteiger partial charge in [-0.3, -0.25) is 0 Å². The van der Waals surface area contributed by atoms with Crippen molar-refractivity contribution in [3.63, 3.8) is 0 Å². The van der Waals surface area contributed by atoms with Gasteiger partial charge in [-0.1, -0.05) is 40.0 Å². The molecule has 0 aliphatic heterocycles. The highest BCUT2D eigenvalue weighted by atomic mass is 32.2. The Morgan fingerprint density at radius 1 is 1.10 bits per heavy atom. The Balaban J connectivity index is 2.11. The summed E-state index contributed by atoms with van der Waals surface area (Å²) in [6.07, 6.45) is 8.94. The van der Waals surface area contributed by atoms with Crippen molar-refractivity contribution >= 4 is 10.0 Å². The Morgan fingerprint density at radius 3 is 2.43 bits per heavy atom. The summed E-state index contributed by atoms with van der Waals surface area (Å²) in [5, 5.41) is 3.41. The van der Waals surface area contributed by atoms with Crippen LogP contribution < -0.4 is 10.0 Å². The average molecular weight is 319 g/mol. The minimum Gasteiger partial charge on any atom is -0.314 e. The molecule has 0 saturated heterocycles. The van der Waals surface area contributed by atoms with E-state index in [0.29, 0.717) is 12.6 Å². The summed E-state index contributed by atoms with van der Waals surface area (Å²) in [6.45, 7) is 7.98. The smallest absolute Gasteiger partial charge is 0.211 e. The Bertz CT molecular complexity index is 376. The fourth-order valence-corrected chi connectivity index (χ4v) is 3.67. The first-order valence-electron chi connectivity index (χ1n) is 8.55. The summed E-state index contributed by atoms with van der Waals surface area (Å²) in [6, 6.07) is 0.712. The SMILES string of the molecule is CCCCCC(C)(C)CNS(=O)(=O)CCCCNC1CC1. The molecule has 0 bridgehead atoms. The second kappa shape index (κ2) is 9.11. The van der Waals surface area contributed by atoms with E-state index in [1.807, 2.05) is 0 Å². The lowest BCUT2D eigenvalue weighted by molar-refractivity contribution is 0.320. The van der Waals surface area contributed by atoms with Gasteiger partial charge in [-0.15, -0.1) is 0 Å². The van der Waals surface area contributed by atoms with Crippen molar-refractivity contribution in [2.24, 2.45) is 5.41 Å². The van der Waals surface area contributed by atoms with Gasteiger partial charge in [-0.25, -0.2) is 13.1 Å². The molecular formula is C16H34N2O2S. The van der Waals surface area contributed by atoms with Gasteiger partial charge in [-0.05, 0) is 44.1 Å². The van der Waals surface area contributed by atoms with Crippen LogP contribution in [-0.2, 0) is 10.0 Å². The molecule has 1 saturated carbocycles. The molecule has 0 amide bonds. The van der Waals surface area contributed by atoms with Gasteiger partial charge in [0.25, 0.3) is 0 Å². The van der Waals surface area contributed by atoms with E-state index < -0.39 is 10.0 Å². The van der Waals surface area contributed by atoms with Crippen LogP contribution in [0.2, 0.25) is 0 Å². The van der Waals surface area contributed by atoms with Crippen molar-refractivity contribution < 1.29 is 8.42 Å². The molecule has 1 fully saturated rings. The van der Waals surface area contributed by atoms with Crippen molar-refractivity contribution in [2.45, 2.75) is 78.2 Å². The highest BCUT2D eigenvalue weighted by Crippen LogP contribution is 2.23. The van der Waals surface area contributed by atoms with Gasteiger partial charge in [0.1, 0.15) is 0 Å². The molecule has 5 heteroatoms. The molecular weight excluding hydrogens is 284 g/mol. The van der Waals surface area contributed by atoms with E-state index in [1.165, 1.54) is 32.1 Å². The Hall–Kier alpha value is -0.130. The number of unbranched alkanes of at least 4 members (excludes halogenated alkanes) is 3. The van der Waals surface area contributed by atoms with Crippen LogP contribution in [0.3, 0.4) is 0 Å². The Morgan fingerprint density at radius 2 is 1.81 bits per heavy atom. The van der Waals surface area contributed by atoms with Crippen molar-refractivity contribution in [1.29, 1.82) is 0 Å². The third kappa shape index (κ3) is 10.3. The first kappa shape index (κ1) is 18.9. The molecule has 4 nitrogen and oxygen atoms in total. The van der Waals surface area contributed by atoms with Crippen LogP contribution in [-0.4, -0.2) is 33.3 Å². The molecule has 0 spiro atoms. The molecule has 1 aliphatic rings. The highest BCUT2D eigenvalue weighted by Gasteiger charge is 2.21. The first-order valence-corrected chi connectivity index (χ1v) is 10.2. The molecule has 0 aromatic carbocycles. The fourth-order valence-electron chi connectivity index (χ4n) is 2.33. The van der Waals surface area contributed by atoms with Gasteiger partial charge in [0.15, 0.2) is 0 Å². The lowest BCUT2D eigenvalue weighted by Crippen LogP contribution is -2.35. The summed E-state index contributed by atoms with van der Waals surface area (Å²) < 4.78 is 26.8. The zero-order valence-corrected chi connectivity index (χ0v) is 14.9. The maximum absolute atomic E-state index is 12.0. The third-order valence-electron chi connectivity index (χ3n) is 4.08. The zero-order chi connectivity index (χ0) is 15.8. The standard InChI is InChI=1S/C16H34N2O2S/c1-4-5-6-11-16(2,3)14-18-21(19,20)13-8-7-12-17-15-9-10-15/h15,17-18H,4-14H2,1-3H3. The van der Waals surface area contributed by atoms with Crippen LogP contribution in [0.25, 0.3) is 0 Å². The summed E-state index contributed by atoms with van der Waals surface area (Å²) >= 11 is 0. The van der Waals surface area contributed by atoms with E-state index in [9.17, 15) is 8.42 Å². The Kier molecular flexibility index (Phi) is 8.21. The van der Waals surface area contributed by atoms with E-state index in [2.05, 4.69) is 30.8 Å². The quantitative estimate of drug-likeness (QED) is 0.513. The molecule has 126 valence electrons. The van der Waals surface area contributed by atoms with Crippen LogP contribution in [0.4, 0.5) is 0 Å². The number of nitrogens with one attached hydrogen (secondary N) is 2. The minimum atomic E-state index is -3.11. The predicted octanol–water partition coefficient (Wildman–Crippen LogP) is 3.04. The largest absolute Gasteiger partial charge is 0.314 e. The number of rotatable bonds is 13. The molecule has 0 aromatic heterocycles. The number of sulfonamides is 1. The van der Waals surface area contributed by atoms with Crippen LogP contribution in [0.1, 0.15) is 72.1 Å². The zero-order valence-electron chi connectivity index (χ0n) is 14.1. The van der Waals surface area contributed by atoms with Gasteiger partial charge in [0.2, 0.25) is 10.0 Å². The first-order chi connectivity index (χ1) is 9.85. The molecule has 0 unspecified atom stereocenters. The molecule has 1 aliphatic carbocycles.